The van der Waals surface area contributed by atoms with Crippen molar-refractivity contribution in [1.82, 2.24) is 0 Å². The van der Waals surface area contributed by atoms with Gasteiger partial charge in [0.25, 0.3) is 0 Å². The third-order valence-electron chi connectivity index (χ3n) is 2.83. The van der Waals surface area contributed by atoms with Gasteiger partial charge in [-0.3, -0.25) is 9.59 Å². The Bertz CT molecular complexity index is 661. The second kappa shape index (κ2) is 12.2. The monoisotopic (exact) mass is 416 g/mol. The van der Waals surface area contributed by atoms with Gasteiger partial charge >= 0.3 is 11.6 Å². The van der Waals surface area contributed by atoms with Gasteiger partial charge in [-0.2, -0.15) is 0 Å². The summed E-state index contributed by atoms with van der Waals surface area (Å²) in [6, 6.07) is 18.1. The van der Waals surface area contributed by atoms with Crippen LogP contribution in [-0.4, -0.2) is 31.4 Å². The van der Waals surface area contributed by atoms with Crippen molar-refractivity contribution in [2.75, 3.05) is 0 Å². The summed E-state index contributed by atoms with van der Waals surface area (Å²) in [6.07, 6.45) is 2.63. The smallest absolute Gasteiger partial charge is 0.350 e. The Morgan fingerprint density at radius 2 is 0.960 bits per heavy atom. The predicted molar refractivity (Wildman–Crippen MR) is 97.7 cm³/mol. The van der Waals surface area contributed by atoms with E-state index in [9.17, 15) is 9.59 Å². The molecule has 2 aromatic rings. The number of benzene rings is 2. The maximum atomic E-state index is 9.37. The Morgan fingerprint density at radius 3 is 1.20 bits per heavy atom. The molecule has 0 unspecified atom stereocenters. The van der Waals surface area contributed by atoms with Crippen molar-refractivity contribution >= 4 is 11.6 Å². The fraction of sp³-hybridized carbons (Fsp3) is 0.100. The Kier molecular flexibility index (Phi) is 11.1. The van der Waals surface area contributed by atoms with Crippen molar-refractivity contribution in [2.45, 2.75) is 13.8 Å². The molecule has 2 aromatic carbocycles. The average molecular weight is 418 g/mol. The molecule has 0 bridgehead atoms. The molecular formula is C20H22O4Zr+2. The minimum Gasteiger partial charge on any atom is -0.512 e. The van der Waals surface area contributed by atoms with Crippen LogP contribution < -0.4 is 0 Å². The molecule has 0 aliphatic heterocycles. The SMILES string of the molecule is C/C(O)=C/C(=[OH+])c1ccccc1.C/C(O)=C/C(=[OH+])c1ccccc1.[Zr]. The summed E-state index contributed by atoms with van der Waals surface area (Å²) >= 11 is 0. The van der Waals surface area contributed by atoms with Gasteiger partial charge in [0.05, 0.1) is 34.8 Å². The molecule has 0 saturated heterocycles. The topological polar surface area (TPSA) is 83.3 Å². The van der Waals surface area contributed by atoms with Crippen molar-refractivity contribution in [2.24, 2.45) is 0 Å². The molecule has 2 rings (SSSR count). The largest absolute Gasteiger partial charge is 0.512 e. The quantitative estimate of drug-likeness (QED) is 0.340. The van der Waals surface area contributed by atoms with Gasteiger partial charge in [0.15, 0.2) is 0 Å². The van der Waals surface area contributed by atoms with Gasteiger partial charge in [-0.25, -0.2) is 0 Å². The van der Waals surface area contributed by atoms with Crippen LogP contribution in [-0.2, 0) is 26.2 Å². The van der Waals surface area contributed by atoms with Crippen LogP contribution in [0.15, 0.2) is 84.3 Å². The predicted octanol–water partition coefficient (Wildman–Crippen LogP) is 4.08. The number of rotatable bonds is 4. The van der Waals surface area contributed by atoms with Crippen LogP contribution in [0.1, 0.15) is 25.0 Å². The maximum absolute atomic E-state index is 9.37. The Morgan fingerprint density at radius 1 is 0.680 bits per heavy atom. The van der Waals surface area contributed by atoms with Gasteiger partial charge in [-0.05, 0) is 38.1 Å². The number of hydrogen-bond donors (Lipinski definition) is 2. The zero-order valence-corrected chi connectivity index (χ0v) is 16.7. The van der Waals surface area contributed by atoms with E-state index in [1.54, 1.807) is 24.3 Å². The number of hydrogen-bond acceptors (Lipinski definition) is 2. The molecule has 128 valence electrons. The Hall–Kier alpha value is -2.26. The summed E-state index contributed by atoms with van der Waals surface area (Å²) in [5, 5.41) is 17.7. The Labute approximate surface area is 166 Å². The zero-order chi connectivity index (χ0) is 17.9. The fourth-order valence-electron chi connectivity index (χ4n) is 1.78. The van der Waals surface area contributed by atoms with E-state index in [0.717, 1.165) is 0 Å². The number of ketones is 2. The molecule has 0 fully saturated rings. The first-order valence-electron chi connectivity index (χ1n) is 7.37. The minimum atomic E-state index is 0. The van der Waals surface area contributed by atoms with Crippen molar-refractivity contribution in [3.8, 4) is 0 Å². The van der Waals surface area contributed by atoms with Crippen LogP contribution >= 0.6 is 0 Å². The normalized spacial score (nSPS) is 10.8. The third-order valence-corrected chi connectivity index (χ3v) is 2.83. The van der Waals surface area contributed by atoms with E-state index in [-0.39, 0.29) is 49.3 Å². The summed E-state index contributed by atoms with van der Waals surface area (Å²) < 4.78 is 0. The Balaban J connectivity index is 0.000000443. The standard InChI is InChI=1S/2C10H10O2.Zr/c2*1-8(11)7-10(12)9-5-3-2-4-6-9;/h2*2-7,11H,1H3;/p+2/b2*8-7-;. The first-order valence-corrected chi connectivity index (χ1v) is 7.37. The molecular weight excluding hydrogens is 395 g/mol. The van der Waals surface area contributed by atoms with Gasteiger partial charge in [-0.1, -0.05) is 36.4 Å². The average Bonchev–Trinajstić information content (AvgIpc) is 2.56. The fourth-order valence-corrected chi connectivity index (χ4v) is 1.78. The van der Waals surface area contributed by atoms with E-state index in [0.29, 0.717) is 11.1 Å². The van der Waals surface area contributed by atoms with Gasteiger partial charge in [-0.15, -0.1) is 0 Å². The molecule has 5 heteroatoms. The van der Waals surface area contributed by atoms with Crippen molar-refractivity contribution < 1.29 is 46.0 Å². The third kappa shape index (κ3) is 9.58. The summed E-state index contributed by atoms with van der Waals surface area (Å²) in [4.78, 5) is 18.7. The molecule has 0 aliphatic carbocycles. The number of carbonyl (C=O) groups excluding carboxylic acids is 2. The van der Waals surface area contributed by atoms with E-state index >= 15 is 0 Å². The molecule has 0 radical (unpaired) electrons. The van der Waals surface area contributed by atoms with Crippen LogP contribution in [0.5, 0.6) is 0 Å². The molecule has 0 saturated carbocycles. The molecule has 0 spiro atoms. The summed E-state index contributed by atoms with van der Waals surface area (Å²) in [7, 11) is 0. The zero-order valence-electron chi connectivity index (χ0n) is 14.2. The van der Waals surface area contributed by atoms with E-state index in [1.165, 1.54) is 26.0 Å². The molecule has 4 nitrogen and oxygen atoms in total. The van der Waals surface area contributed by atoms with Gasteiger partial charge in [0.1, 0.15) is 0 Å². The van der Waals surface area contributed by atoms with Crippen molar-refractivity contribution in [3.63, 3.8) is 0 Å². The molecule has 0 aliphatic rings. The van der Waals surface area contributed by atoms with Gasteiger partial charge in [0, 0.05) is 26.2 Å². The molecule has 25 heavy (non-hydrogen) atoms. The summed E-state index contributed by atoms with van der Waals surface area (Å²) in [5.74, 6) is 0.346. The van der Waals surface area contributed by atoms with Crippen LogP contribution in [0, 0.1) is 0 Å². The number of aliphatic hydroxyl groups is 2. The van der Waals surface area contributed by atoms with Crippen LogP contribution in [0.25, 0.3) is 0 Å². The molecule has 0 aromatic heterocycles. The first-order chi connectivity index (χ1) is 11.4. The van der Waals surface area contributed by atoms with Crippen molar-refractivity contribution in [3.05, 3.63) is 95.5 Å². The second-order valence-electron chi connectivity index (χ2n) is 5.07. The first kappa shape index (κ1) is 22.7. The van der Waals surface area contributed by atoms with E-state index in [2.05, 4.69) is 0 Å². The van der Waals surface area contributed by atoms with E-state index < -0.39 is 0 Å². The van der Waals surface area contributed by atoms with Crippen LogP contribution in [0.2, 0.25) is 0 Å². The second-order valence-corrected chi connectivity index (χ2v) is 5.07. The summed E-state index contributed by atoms with van der Waals surface area (Å²) in [6.45, 7) is 3.03. The van der Waals surface area contributed by atoms with Gasteiger partial charge < -0.3 is 10.2 Å². The van der Waals surface area contributed by atoms with Crippen LogP contribution in [0.3, 0.4) is 0 Å². The van der Waals surface area contributed by atoms with Crippen LogP contribution in [0.4, 0.5) is 0 Å². The number of allylic oxidation sites excluding steroid dienone is 4. The summed E-state index contributed by atoms with van der Waals surface area (Å²) in [5.41, 5.74) is 1.40. The number of aliphatic hydroxyl groups excluding tert-OH is 2. The van der Waals surface area contributed by atoms with E-state index in [1.807, 2.05) is 36.4 Å². The van der Waals surface area contributed by atoms with Crippen molar-refractivity contribution in [1.29, 1.82) is 0 Å². The van der Waals surface area contributed by atoms with E-state index in [4.69, 9.17) is 10.2 Å². The molecule has 0 heterocycles. The van der Waals surface area contributed by atoms with Gasteiger partial charge in [0.2, 0.25) is 0 Å². The maximum Gasteiger partial charge on any atom is 0.350 e. The molecule has 4 N–H and O–H groups in total. The molecule has 0 atom stereocenters. The molecule has 0 amide bonds. The minimum absolute atomic E-state index is 0.